The van der Waals surface area contributed by atoms with Gasteiger partial charge >= 0.3 is 0 Å². The number of fused-ring (bicyclic) bond motifs is 4. The number of aromatic hydroxyl groups is 1. The van der Waals surface area contributed by atoms with E-state index in [2.05, 4.69) is 5.32 Å². The maximum absolute atomic E-state index is 15.4. The summed E-state index contributed by atoms with van der Waals surface area (Å²) in [5.74, 6) is -4.89. The summed E-state index contributed by atoms with van der Waals surface area (Å²) in [6, 6.07) is 37.9. The van der Waals surface area contributed by atoms with E-state index in [0.29, 0.717) is 27.5 Å². The molecule has 274 valence electrons. The van der Waals surface area contributed by atoms with Crippen LogP contribution in [0.1, 0.15) is 29.9 Å². The first-order valence-corrected chi connectivity index (χ1v) is 18.7. The molecule has 2 aliphatic heterocycles. The second-order valence-corrected chi connectivity index (χ2v) is 15.0. The zero-order valence-electron chi connectivity index (χ0n) is 29.8. The average molecular weight is 750 g/mol. The number of carbonyl (C=O) groups excluding carboxylic acids is 4. The summed E-state index contributed by atoms with van der Waals surface area (Å²) in [7, 11) is 1.45. The van der Waals surface area contributed by atoms with Crippen molar-refractivity contribution in [2.75, 3.05) is 22.2 Å². The number of nitrogens with one attached hydrogen (secondary N) is 1. The van der Waals surface area contributed by atoms with Gasteiger partial charge in [0, 0.05) is 22.3 Å². The molecule has 3 fully saturated rings. The third kappa shape index (κ3) is 5.28. The lowest BCUT2D eigenvalue weighted by molar-refractivity contribution is -0.127. The number of hydrogen-bond donors (Lipinski definition) is 2. The number of ether oxygens (including phenoxy) is 1. The van der Waals surface area contributed by atoms with E-state index in [1.165, 1.54) is 23.0 Å². The van der Waals surface area contributed by atoms with Crippen molar-refractivity contribution < 1.29 is 29.0 Å². The number of methoxy groups -OCH3 is 1. The molecule has 55 heavy (non-hydrogen) atoms. The molecule has 0 bridgehead atoms. The van der Waals surface area contributed by atoms with Crippen LogP contribution in [-0.4, -0.2) is 35.8 Å². The molecule has 5 aromatic carbocycles. The van der Waals surface area contributed by atoms with E-state index in [4.69, 9.17) is 16.3 Å². The quantitative estimate of drug-likeness (QED) is 0.127. The van der Waals surface area contributed by atoms with E-state index in [1.54, 1.807) is 48.5 Å². The Bertz CT molecular complexity index is 2400. The van der Waals surface area contributed by atoms with Crippen LogP contribution in [0.4, 0.5) is 22.7 Å². The number of nitrogens with zero attached hydrogens (tertiary/aromatic N) is 2. The standard InChI is InChI=1S/C45H36ClN3O6/c1-55-38-23-26(15-22-37(38)50)40-33-20-21-34-39(43(53)48(41(34)51)31-18-16-30(17-19-31)47-29-12-6-3-7-13-29)35(33)25-36-42(52)49(32-14-8-11-28(46)24-32)44(54)45(36,40)27-9-4-2-5-10-27/h2-20,22-24,34-36,39-40,47,50H,21,25H2,1H3/t34-,35+,36-,39-,40-,45+/m0/s1. The summed E-state index contributed by atoms with van der Waals surface area (Å²) in [6.45, 7) is 0. The first kappa shape index (κ1) is 34.6. The van der Waals surface area contributed by atoms with Gasteiger partial charge in [0.15, 0.2) is 11.5 Å². The summed E-state index contributed by atoms with van der Waals surface area (Å²) in [4.78, 5) is 61.9. The van der Waals surface area contributed by atoms with Crippen molar-refractivity contribution in [3.8, 4) is 11.5 Å². The van der Waals surface area contributed by atoms with Gasteiger partial charge in [0.2, 0.25) is 23.6 Å². The molecule has 0 spiro atoms. The van der Waals surface area contributed by atoms with Gasteiger partial charge in [0.25, 0.3) is 0 Å². The second kappa shape index (κ2) is 13.3. The average Bonchev–Trinajstić information content (AvgIpc) is 3.60. The molecule has 9 rings (SSSR count). The molecule has 2 N–H and O–H groups in total. The number of carbonyl (C=O) groups is 4. The number of para-hydroxylation sites is 1. The van der Waals surface area contributed by atoms with Crippen molar-refractivity contribution in [2.45, 2.75) is 24.2 Å². The molecule has 0 aromatic heterocycles. The lowest BCUT2D eigenvalue weighted by atomic mass is 9.49. The van der Waals surface area contributed by atoms with Gasteiger partial charge in [-0.25, -0.2) is 4.90 Å². The van der Waals surface area contributed by atoms with E-state index >= 15 is 4.79 Å². The zero-order valence-corrected chi connectivity index (χ0v) is 30.5. The number of amides is 4. The summed E-state index contributed by atoms with van der Waals surface area (Å²) in [5, 5.41) is 14.4. The fourth-order valence-electron chi connectivity index (χ4n) is 9.63. The number of phenolic OH excluding ortho intramolecular Hbond substituents is 1. The van der Waals surface area contributed by atoms with Gasteiger partial charge in [0.05, 0.1) is 41.7 Å². The van der Waals surface area contributed by atoms with Gasteiger partial charge < -0.3 is 15.2 Å². The minimum Gasteiger partial charge on any atom is -0.504 e. The monoisotopic (exact) mass is 749 g/mol. The number of halogens is 1. The van der Waals surface area contributed by atoms with E-state index < -0.39 is 46.8 Å². The predicted molar refractivity (Wildman–Crippen MR) is 209 cm³/mol. The second-order valence-electron chi connectivity index (χ2n) is 14.6. The van der Waals surface area contributed by atoms with Crippen LogP contribution in [0, 0.1) is 23.7 Å². The minimum atomic E-state index is -1.44. The number of allylic oxidation sites excluding steroid dienone is 2. The topological polar surface area (TPSA) is 116 Å². The normalized spacial score (nSPS) is 25.6. The molecule has 9 nitrogen and oxygen atoms in total. The Morgan fingerprint density at radius 1 is 0.727 bits per heavy atom. The van der Waals surface area contributed by atoms with Gasteiger partial charge in [-0.15, -0.1) is 0 Å². The first-order chi connectivity index (χ1) is 26.7. The van der Waals surface area contributed by atoms with Crippen molar-refractivity contribution in [1.82, 2.24) is 0 Å². The number of rotatable bonds is 7. The highest BCUT2D eigenvalue weighted by atomic mass is 35.5. The lowest BCUT2D eigenvalue weighted by Gasteiger charge is -2.50. The molecule has 2 aliphatic carbocycles. The fourth-order valence-corrected chi connectivity index (χ4v) is 9.81. The Hall–Kier alpha value is -6.19. The van der Waals surface area contributed by atoms with Crippen LogP contribution in [0.25, 0.3) is 0 Å². The Morgan fingerprint density at radius 2 is 1.44 bits per heavy atom. The van der Waals surface area contributed by atoms with E-state index in [-0.39, 0.29) is 36.2 Å². The van der Waals surface area contributed by atoms with Crippen molar-refractivity contribution >= 4 is 58.0 Å². The van der Waals surface area contributed by atoms with Crippen LogP contribution in [0.3, 0.4) is 0 Å². The van der Waals surface area contributed by atoms with E-state index in [1.807, 2.05) is 78.9 Å². The number of imide groups is 2. The van der Waals surface area contributed by atoms with Gasteiger partial charge in [-0.1, -0.05) is 83.9 Å². The summed E-state index contributed by atoms with van der Waals surface area (Å²) < 4.78 is 5.56. The van der Waals surface area contributed by atoms with Gasteiger partial charge in [-0.05, 0) is 96.6 Å². The third-order valence-corrected chi connectivity index (χ3v) is 12.1. The lowest BCUT2D eigenvalue weighted by Crippen LogP contribution is -2.53. The van der Waals surface area contributed by atoms with Crippen molar-refractivity contribution in [1.29, 1.82) is 0 Å². The minimum absolute atomic E-state index is 0.0758. The molecule has 1 saturated carbocycles. The molecule has 4 amide bonds. The maximum atomic E-state index is 15.4. The van der Waals surface area contributed by atoms with Crippen LogP contribution < -0.4 is 19.9 Å². The van der Waals surface area contributed by atoms with Crippen LogP contribution >= 0.6 is 11.6 Å². The van der Waals surface area contributed by atoms with Crippen LogP contribution in [0.15, 0.2) is 139 Å². The van der Waals surface area contributed by atoms with Crippen LogP contribution in [0.2, 0.25) is 5.02 Å². The zero-order chi connectivity index (χ0) is 38.0. The summed E-state index contributed by atoms with van der Waals surface area (Å²) in [6.07, 6.45) is 2.47. The molecule has 0 unspecified atom stereocenters. The van der Waals surface area contributed by atoms with E-state index in [9.17, 15) is 19.5 Å². The van der Waals surface area contributed by atoms with Crippen molar-refractivity contribution in [3.63, 3.8) is 0 Å². The van der Waals surface area contributed by atoms with Gasteiger partial charge in [0.1, 0.15) is 0 Å². The molecule has 2 saturated heterocycles. The molecule has 6 atom stereocenters. The van der Waals surface area contributed by atoms with Crippen molar-refractivity contribution in [2.24, 2.45) is 23.7 Å². The first-order valence-electron chi connectivity index (χ1n) is 18.3. The summed E-state index contributed by atoms with van der Waals surface area (Å²) >= 11 is 6.42. The van der Waals surface area contributed by atoms with Gasteiger partial charge in [-0.3, -0.25) is 24.1 Å². The van der Waals surface area contributed by atoms with Crippen LogP contribution in [0.5, 0.6) is 11.5 Å². The largest absolute Gasteiger partial charge is 0.504 e. The Morgan fingerprint density at radius 3 is 2.15 bits per heavy atom. The SMILES string of the molecule is COc1cc([C@H]2C3=CC[C@@H]4C(=O)N(c5ccc(Nc6ccccc6)cc5)C(=O)[C@@H]4[C@@H]3C[C@H]3C(=O)N(c4cccc(Cl)c4)C(=O)[C@@]23c2ccccc2)ccc1O. The third-order valence-electron chi connectivity index (χ3n) is 11.9. The molecule has 0 radical (unpaired) electrons. The van der Waals surface area contributed by atoms with Crippen molar-refractivity contribution in [3.05, 3.63) is 155 Å². The van der Waals surface area contributed by atoms with E-state index in [0.717, 1.165) is 16.9 Å². The number of benzene rings is 5. The molecule has 5 aromatic rings. The number of hydrogen-bond acceptors (Lipinski definition) is 7. The highest BCUT2D eigenvalue weighted by Gasteiger charge is 2.70. The number of anilines is 4. The Labute approximate surface area is 322 Å². The molecule has 10 heteroatoms. The predicted octanol–water partition coefficient (Wildman–Crippen LogP) is 8.16. The molecular formula is C45H36ClN3O6. The smallest absolute Gasteiger partial charge is 0.246 e. The van der Waals surface area contributed by atoms with Gasteiger partial charge in [-0.2, -0.15) is 0 Å². The maximum Gasteiger partial charge on any atom is 0.246 e. The Balaban J connectivity index is 1.17. The number of phenols is 1. The fraction of sp³-hybridized carbons (Fsp3) is 0.200. The Kier molecular flexibility index (Phi) is 8.35. The molecular weight excluding hydrogens is 714 g/mol. The van der Waals surface area contributed by atoms with Crippen LogP contribution in [-0.2, 0) is 24.6 Å². The molecule has 4 aliphatic rings. The highest BCUT2D eigenvalue weighted by molar-refractivity contribution is 6.32. The molecule has 2 heterocycles. The summed E-state index contributed by atoms with van der Waals surface area (Å²) in [5.41, 5.74) is 3.21. The highest BCUT2D eigenvalue weighted by Crippen LogP contribution is 2.65.